The number of hydrogen-bond donors (Lipinski definition) is 2. The largest absolute Gasteiger partial charge is 0.497 e. The molecule has 2 aromatic carbocycles. The zero-order valence-electron chi connectivity index (χ0n) is 26.6. The maximum absolute atomic E-state index is 14.4. The van der Waals surface area contributed by atoms with Crippen LogP contribution in [0, 0.1) is 5.92 Å². The molecule has 256 valence electrons. The first-order valence-electron chi connectivity index (χ1n) is 16.4. The van der Waals surface area contributed by atoms with Gasteiger partial charge in [0.15, 0.2) is 6.29 Å². The minimum atomic E-state index is -4.22. The first-order chi connectivity index (χ1) is 22.8. The summed E-state index contributed by atoms with van der Waals surface area (Å²) < 4.78 is 64.6. The SMILES string of the molecule is COc1ccc2c(c1)OCCC/C=C\C1CCC(CN(C[C@@H](O)[C@H](Cc3ccccc3)NC(=O)O[C@H]3CO[C@H]4OCC[C@H]43)S2(=O)=O)O1. The van der Waals surface area contributed by atoms with Gasteiger partial charge in [-0.15, -0.1) is 0 Å². The summed E-state index contributed by atoms with van der Waals surface area (Å²) in [6.45, 7) is 0.780. The first-order valence-corrected chi connectivity index (χ1v) is 17.8. The molecule has 2 bridgehead atoms. The average Bonchev–Trinajstić information content (AvgIpc) is 3.81. The van der Waals surface area contributed by atoms with Gasteiger partial charge in [0.2, 0.25) is 10.0 Å². The predicted octanol–water partition coefficient (Wildman–Crippen LogP) is 3.42. The van der Waals surface area contributed by atoms with Crippen LogP contribution in [0.2, 0.25) is 0 Å². The molecule has 47 heavy (non-hydrogen) atoms. The number of carbonyl (C=O) groups excluding carboxylic acids is 1. The summed E-state index contributed by atoms with van der Waals surface area (Å²) in [6, 6.07) is 13.1. The van der Waals surface area contributed by atoms with Gasteiger partial charge in [0.25, 0.3) is 0 Å². The van der Waals surface area contributed by atoms with Gasteiger partial charge in [-0.3, -0.25) is 0 Å². The lowest BCUT2D eigenvalue weighted by atomic mass is 10.0. The van der Waals surface area contributed by atoms with E-state index in [2.05, 4.69) is 11.4 Å². The van der Waals surface area contributed by atoms with Gasteiger partial charge in [-0.05, 0) is 56.2 Å². The number of amides is 1. The number of carbonyl (C=O) groups is 1. The molecule has 2 unspecified atom stereocenters. The quantitative estimate of drug-likeness (QED) is 0.401. The minimum absolute atomic E-state index is 0.0141. The molecule has 1 amide bonds. The van der Waals surface area contributed by atoms with Gasteiger partial charge in [-0.1, -0.05) is 42.5 Å². The number of nitrogens with one attached hydrogen (secondary N) is 1. The standard InChI is InChI=1S/C34H44N2O10S/c1-41-25-13-14-32-30(19-25)42-16-7-3-6-10-24-11-12-26(45-24)20-36(47(32,39)40)21-29(37)28(18-23-8-4-2-5-9-23)35-34(38)46-31-22-44-33-27(31)15-17-43-33/h2,4-6,8-10,13-14,19,24,26-29,31,33,37H,3,7,11-12,15-18,20-22H2,1H3,(H,35,38)/b10-6-/t24?,26?,27-,28-,29+,31-,33+/m0/s1. The Hall–Kier alpha value is -3.20. The summed E-state index contributed by atoms with van der Waals surface area (Å²) in [6.07, 6.45) is 4.59. The Balaban J connectivity index is 1.26. The topological polar surface area (TPSA) is 142 Å². The maximum atomic E-state index is 14.4. The van der Waals surface area contributed by atoms with E-state index in [9.17, 15) is 18.3 Å². The van der Waals surface area contributed by atoms with Crippen molar-refractivity contribution in [2.75, 3.05) is 40.0 Å². The van der Waals surface area contributed by atoms with Crippen molar-refractivity contribution in [3.05, 3.63) is 66.2 Å². The number of sulfonamides is 1. The van der Waals surface area contributed by atoms with Gasteiger partial charge in [0.05, 0.1) is 57.2 Å². The number of alkyl carbamates (subject to hydrolysis) is 1. The lowest BCUT2D eigenvalue weighted by molar-refractivity contribution is -0.0907. The molecule has 2 N–H and O–H groups in total. The van der Waals surface area contributed by atoms with Crippen LogP contribution in [0.5, 0.6) is 11.5 Å². The molecule has 3 fully saturated rings. The second-order valence-corrected chi connectivity index (χ2v) is 14.3. The summed E-state index contributed by atoms with van der Waals surface area (Å²) in [7, 11) is -2.71. The second kappa shape index (κ2) is 15.3. The number of methoxy groups -OCH3 is 1. The molecule has 12 nitrogen and oxygen atoms in total. The van der Waals surface area contributed by atoms with Crippen molar-refractivity contribution in [1.29, 1.82) is 0 Å². The number of aliphatic hydroxyl groups excluding tert-OH is 1. The molecule has 0 aromatic heterocycles. The number of ether oxygens (including phenoxy) is 6. The van der Waals surface area contributed by atoms with Crippen LogP contribution in [0.1, 0.15) is 37.7 Å². The number of rotatable bonds is 8. The van der Waals surface area contributed by atoms with E-state index < -0.39 is 34.4 Å². The van der Waals surface area contributed by atoms with Gasteiger partial charge in [0, 0.05) is 19.2 Å². The van der Waals surface area contributed by atoms with Crippen molar-refractivity contribution < 1.29 is 46.7 Å². The van der Waals surface area contributed by atoms with Gasteiger partial charge < -0.3 is 38.8 Å². The summed E-state index contributed by atoms with van der Waals surface area (Å²) in [5.41, 5.74) is 0.855. The van der Waals surface area contributed by atoms with Crippen LogP contribution in [0.25, 0.3) is 0 Å². The second-order valence-electron chi connectivity index (χ2n) is 12.4. The van der Waals surface area contributed by atoms with Gasteiger partial charge >= 0.3 is 6.09 Å². The molecule has 7 atom stereocenters. The van der Waals surface area contributed by atoms with E-state index in [1.54, 1.807) is 12.1 Å². The van der Waals surface area contributed by atoms with Crippen molar-refractivity contribution in [2.45, 2.75) is 80.2 Å². The molecule has 3 saturated heterocycles. The summed E-state index contributed by atoms with van der Waals surface area (Å²) >= 11 is 0. The third-order valence-electron chi connectivity index (χ3n) is 9.14. The number of benzene rings is 2. The molecule has 2 aromatic rings. The highest BCUT2D eigenvalue weighted by Gasteiger charge is 2.44. The van der Waals surface area contributed by atoms with Crippen LogP contribution in [0.15, 0.2) is 65.6 Å². The fraction of sp³-hybridized carbons (Fsp3) is 0.559. The number of β-amino-alcohol motifs (C(OH)–C–C–N with tert-alkyl or cyclic N) is 1. The first kappa shape index (κ1) is 33.7. The highest BCUT2D eigenvalue weighted by atomic mass is 32.2. The Morgan fingerprint density at radius 3 is 2.79 bits per heavy atom. The van der Waals surface area contributed by atoms with Crippen LogP contribution in [-0.4, -0.2) is 101 Å². The molecule has 0 spiro atoms. The molecular formula is C34H44N2O10S. The number of hydrogen-bond acceptors (Lipinski definition) is 10. The monoisotopic (exact) mass is 672 g/mol. The third kappa shape index (κ3) is 8.27. The number of aliphatic hydroxyl groups is 1. The van der Waals surface area contributed by atoms with E-state index in [0.717, 1.165) is 24.8 Å². The normalized spacial score (nSPS) is 29.4. The fourth-order valence-electron chi connectivity index (χ4n) is 6.58. The van der Waals surface area contributed by atoms with Crippen molar-refractivity contribution in [3.8, 4) is 11.5 Å². The molecule has 4 aliphatic heterocycles. The lowest BCUT2D eigenvalue weighted by Gasteiger charge is -2.31. The Labute approximate surface area is 276 Å². The van der Waals surface area contributed by atoms with Gasteiger partial charge in [0.1, 0.15) is 22.5 Å². The third-order valence-corrected chi connectivity index (χ3v) is 11.0. The molecule has 0 saturated carbocycles. The highest BCUT2D eigenvalue weighted by Crippen LogP contribution is 2.34. The lowest BCUT2D eigenvalue weighted by Crippen LogP contribution is -2.52. The molecule has 0 aliphatic carbocycles. The van der Waals surface area contributed by atoms with Crippen LogP contribution in [0.3, 0.4) is 0 Å². The minimum Gasteiger partial charge on any atom is -0.497 e. The zero-order chi connectivity index (χ0) is 32.8. The van der Waals surface area contributed by atoms with Gasteiger partial charge in [-0.25, -0.2) is 13.2 Å². The Morgan fingerprint density at radius 2 is 1.96 bits per heavy atom. The highest BCUT2D eigenvalue weighted by molar-refractivity contribution is 7.89. The van der Waals surface area contributed by atoms with Crippen LogP contribution < -0.4 is 14.8 Å². The fourth-order valence-corrected chi connectivity index (χ4v) is 8.18. The van der Waals surface area contributed by atoms with E-state index >= 15 is 0 Å². The van der Waals surface area contributed by atoms with E-state index in [1.807, 2.05) is 36.4 Å². The Bertz CT molecular complexity index is 1490. The van der Waals surface area contributed by atoms with Crippen molar-refractivity contribution in [3.63, 3.8) is 0 Å². The number of fused-ring (bicyclic) bond motifs is 4. The number of allylic oxidation sites excluding steroid dienone is 1. The van der Waals surface area contributed by atoms with Crippen LogP contribution >= 0.6 is 0 Å². The molecule has 4 aliphatic rings. The summed E-state index contributed by atoms with van der Waals surface area (Å²) in [5, 5.41) is 14.6. The van der Waals surface area contributed by atoms with E-state index in [4.69, 9.17) is 28.4 Å². The van der Waals surface area contributed by atoms with E-state index in [1.165, 1.54) is 17.5 Å². The molecule has 0 radical (unpaired) electrons. The maximum Gasteiger partial charge on any atom is 0.407 e. The van der Waals surface area contributed by atoms with E-state index in [0.29, 0.717) is 31.8 Å². The molecule has 6 rings (SSSR count). The zero-order valence-corrected chi connectivity index (χ0v) is 27.4. The molecule has 4 heterocycles. The van der Waals surface area contributed by atoms with Crippen molar-refractivity contribution in [1.82, 2.24) is 9.62 Å². The Kier molecular flexibility index (Phi) is 11.0. The molecular weight excluding hydrogens is 628 g/mol. The van der Waals surface area contributed by atoms with Gasteiger partial charge in [-0.2, -0.15) is 4.31 Å². The average molecular weight is 673 g/mol. The van der Waals surface area contributed by atoms with Crippen LogP contribution in [0.4, 0.5) is 4.79 Å². The van der Waals surface area contributed by atoms with Crippen molar-refractivity contribution in [2.24, 2.45) is 5.92 Å². The molecule has 13 heteroatoms. The smallest absolute Gasteiger partial charge is 0.407 e. The van der Waals surface area contributed by atoms with Crippen LogP contribution in [-0.2, 0) is 35.4 Å². The Morgan fingerprint density at radius 1 is 1.11 bits per heavy atom. The number of nitrogens with zero attached hydrogens (tertiary/aromatic N) is 1. The van der Waals surface area contributed by atoms with E-state index in [-0.39, 0.29) is 61.2 Å². The summed E-state index contributed by atoms with van der Waals surface area (Å²) in [4.78, 5) is 13.2. The predicted molar refractivity (Wildman–Crippen MR) is 171 cm³/mol. The van der Waals surface area contributed by atoms with Crippen molar-refractivity contribution >= 4 is 16.1 Å². The summed E-state index contributed by atoms with van der Waals surface area (Å²) in [5.74, 6) is 0.582.